The lowest BCUT2D eigenvalue weighted by Crippen LogP contribution is -2.12. The lowest BCUT2D eigenvalue weighted by molar-refractivity contribution is -0.118. The van der Waals surface area contributed by atoms with Gasteiger partial charge in [-0.05, 0) is 20.3 Å². The second-order valence-electron chi connectivity index (χ2n) is 3.22. The van der Waals surface area contributed by atoms with Crippen LogP contribution in [0, 0.1) is 19.9 Å². The summed E-state index contributed by atoms with van der Waals surface area (Å²) in [5.74, 6) is -0.326. The third-order valence-electron chi connectivity index (χ3n) is 1.69. The summed E-state index contributed by atoms with van der Waals surface area (Å²) in [6.45, 7) is 4.04. The summed E-state index contributed by atoms with van der Waals surface area (Å²) in [4.78, 5) is 18.5. The lowest BCUT2D eigenvalue weighted by Gasteiger charge is -2.04. The highest BCUT2D eigenvalue weighted by molar-refractivity contribution is 5.73. The largest absolute Gasteiger partial charge is 0.463 e. The minimum absolute atomic E-state index is 0.316. The summed E-state index contributed by atoms with van der Waals surface area (Å²) in [7, 11) is 0. The van der Waals surface area contributed by atoms with E-state index in [1.54, 1.807) is 0 Å². The van der Waals surface area contributed by atoms with Crippen molar-refractivity contribution in [1.82, 2.24) is 9.97 Å². The van der Waals surface area contributed by atoms with Gasteiger partial charge in [0.15, 0.2) is 0 Å². The molecule has 0 aliphatic heterocycles. The van der Waals surface area contributed by atoms with Crippen molar-refractivity contribution in [2.75, 3.05) is 6.61 Å². The van der Waals surface area contributed by atoms with Crippen molar-refractivity contribution < 1.29 is 9.53 Å². The van der Waals surface area contributed by atoms with Gasteiger partial charge in [-0.25, -0.2) is 0 Å². The Balaban J connectivity index is 2.40. The Morgan fingerprint density at radius 2 is 2.00 bits per heavy atom. The number of amides is 1. The van der Waals surface area contributed by atoms with Crippen molar-refractivity contribution in [3.05, 3.63) is 17.5 Å². The predicted molar refractivity (Wildman–Crippen MR) is 54.3 cm³/mol. The smallest absolute Gasteiger partial charge is 0.316 e. The van der Waals surface area contributed by atoms with Gasteiger partial charge in [0.1, 0.15) is 0 Å². The van der Waals surface area contributed by atoms with Crippen LogP contribution >= 0.6 is 0 Å². The van der Waals surface area contributed by atoms with E-state index in [1.165, 1.54) is 0 Å². The number of aryl methyl sites for hydroxylation is 2. The summed E-state index contributed by atoms with van der Waals surface area (Å²) in [5.41, 5.74) is 6.48. The fraction of sp³-hybridized carbons (Fsp3) is 0.500. The van der Waals surface area contributed by atoms with E-state index in [0.29, 0.717) is 25.5 Å². The Morgan fingerprint density at radius 1 is 1.40 bits per heavy atom. The average molecular weight is 208 g/mol. The van der Waals surface area contributed by atoms with Crippen molar-refractivity contribution in [2.45, 2.75) is 26.7 Å². The molecule has 0 saturated carbocycles. The zero-order valence-corrected chi connectivity index (χ0v) is 8.91. The van der Waals surface area contributed by atoms with E-state index in [0.717, 1.165) is 11.4 Å². The van der Waals surface area contributed by atoms with Crippen molar-refractivity contribution in [3.63, 3.8) is 0 Å². The number of rotatable bonds is 5. The van der Waals surface area contributed by atoms with Crippen molar-refractivity contribution in [3.8, 4) is 6.01 Å². The van der Waals surface area contributed by atoms with Crippen LogP contribution in [0.1, 0.15) is 24.2 Å². The van der Waals surface area contributed by atoms with Crippen LogP contribution in [-0.2, 0) is 4.79 Å². The van der Waals surface area contributed by atoms with Crippen molar-refractivity contribution >= 4 is 5.91 Å². The van der Waals surface area contributed by atoms with Gasteiger partial charge < -0.3 is 10.5 Å². The number of nitrogens with two attached hydrogens (primary N) is 1. The predicted octanol–water partition coefficient (Wildman–Crippen LogP) is 0.538. The SMILES string of the molecule is Cc1[c]c(C)nc(OCCCC(N)=O)n1. The molecule has 1 heterocycles. The van der Waals surface area contributed by atoms with Gasteiger partial charge in [0.25, 0.3) is 0 Å². The number of carbonyl (C=O) groups excluding carboxylic acids is 1. The second-order valence-corrected chi connectivity index (χ2v) is 3.22. The molecule has 1 aromatic heterocycles. The normalized spacial score (nSPS) is 10.0. The van der Waals surface area contributed by atoms with Gasteiger partial charge in [-0.2, -0.15) is 9.97 Å². The quantitative estimate of drug-likeness (QED) is 0.716. The fourth-order valence-electron chi connectivity index (χ4n) is 1.10. The first-order valence-corrected chi connectivity index (χ1v) is 4.73. The maximum Gasteiger partial charge on any atom is 0.316 e. The van der Waals surface area contributed by atoms with Crippen LogP contribution in [0.15, 0.2) is 0 Å². The van der Waals surface area contributed by atoms with Crippen molar-refractivity contribution in [1.29, 1.82) is 0 Å². The molecule has 5 nitrogen and oxygen atoms in total. The molecule has 1 rings (SSSR count). The molecule has 0 atom stereocenters. The van der Waals surface area contributed by atoms with Crippen LogP contribution in [0.5, 0.6) is 6.01 Å². The van der Waals surface area contributed by atoms with Crippen LogP contribution in [0.25, 0.3) is 0 Å². The molecule has 0 aliphatic carbocycles. The molecule has 0 fully saturated rings. The molecule has 5 heteroatoms. The Kier molecular flexibility index (Phi) is 4.03. The maximum absolute atomic E-state index is 10.4. The molecular weight excluding hydrogens is 194 g/mol. The molecular formula is C10H14N3O2. The summed E-state index contributed by atoms with van der Waals surface area (Å²) in [6.07, 6.45) is 0.895. The molecule has 0 bridgehead atoms. The standard InChI is InChI=1S/C10H14N3O2/c1-7-6-8(2)13-10(12-7)15-5-3-4-9(11)14/h3-5H2,1-2H3,(H2,11,14). The third-order valence-corrected chi connectivity index (χ3v) is 1.69. The number of ether oxygens (including phenoxy) is 1. The highest BCUT2D eigenvalue weighted by Crippen LogP contribution is 2.05. The second kappa shape index (κ2) is 5.29. The minimum Gasteiger partial charge on any atom is -0.463 e. The zero-order chi connectivity index (χ0) is 11.3. The summed E-state index contributed by atoms with van der Waals surface area (Å²) >= 11 is 0. The Morgan fingerprint density at radius 3 is 2.53 bits per heavy atom. The number of nitrogens with zero attached hydrogens (tertiary/aromatic N) is 2. The van der Waals surface area contributed by atoms with Crippen LogP contribution in [0.4, 0.5) is 0 Å². The molecule has 1 aromatic rings. The van der Waals surface area contributed by atoms with Gasteiger partial charge in [-0.3, -0.25) is 4.79 Å². The molecule has 1 radical (unpaired) electrons. The van der Waals surface area contributed by atoms with Gasteiger partial charge in [-0.15, -0.1) is 0 Å². The number of primary amides is 1. The van der Waals surface area contributed by atoms with Gasteiger partial charge in [0.05, 0.1) is 18.0 Å². The van der Waals surface area contributed by atoms with Gasteiger partial charge in [0, 0.05) is 12.5 Å². The average Bonchev–Trinajstić information content (AvgIpc) is 2.10. The number of hydrogen-bond donors (Lipinski definition) is 1. The molecule has 0 saturated heterocycles. The monoisotopic (exact) mass is 208 g/mol. The maximum atomic E-state index is 10.4. The van der Waals surface area contributed by atoms with E-state index in [4.69, 9.17) is 10.5 Å². The molecule has 0 unspecified atom stereocenters. The van der Waals surface area contributed by atoms with Crippen LogP contribution < -0.4 is 10.5 Å². The van der Waals surface area contributed by atoms with E-state index in [-0.39, 0.29) is 5.91 Å². The molecule has 1 amide bonds. The van der Waals surface area contributed by atoms with E-state index in [9.17, 15) is 4.79 Å². The fourth-order valence-corrected chi connectivity index (χ4v) is 1.10. The molecule has 81 valence electrons. The highest BCUT2D eigenvalue weighted by atomic mass is 16.5. The topological polar surface area (TPSA) is 78.1 Å². The minimum atomic E-state index is -0.326. The summed E-state index contributed by atoms with van der Waals surface area (Å²) in [5, 5.41) is 0. The van der Waals surface area contributed by atoms with Gasteiger partial charge >= 0.3 is 6.01 Å². The van der Waals surface area contributed by atoms with E-state index < -0.39 is 0 Å². The van der Waals surface area contributed by atoms with Crippen molar-refractivity contribution in [2.24, 2.45) is 5.73 Å². The van der Waals surface area contributed by atoms with E-state index in [1.807, 2.05) is 13.8 Å². The van der Waals surface area contributed by atoms with Gasteiger partial charge in [0.2, 0.25) is 5.91 Å². The third kappa shape index (κ3) is 4.39. The Hall–Kier alpha value is -1.65. The molecule has 2 N–H and O–H groups in total. The van der Waals surface area contributed by atoms with E-state index in [2.05, 4.69) is 16.0 Å². The van der Waals surface area contributed by atoms with Crippen LogP contribution in [0.3, 0.4) is 0 Å². The molecule has 0 aromatic carbocycles. The summed E-state index contributed by atoms with van der Waals surface area (Å²) in [6, 6.07) is 3.27. The molecule has 0 aliphatic rings. The Bertz CT molecular complexity index is 332. The Labute approximate surface area is 88.7 Å². The first-order chi connectivity index (χ1) is 7.08. The van der Waals surface area contributed by atoms with Crippen LogP contribution in [0.2, 0.25) is 0 Å². The lowest BCUT2D eigenvalue weighted by atomic mass is 10.3. The first-order valence-electron chi connectivity index (χ1n) is 4.73. The van der Waals surface area contributed by atoms with Gasteiger partial charge in [-0.1, -0.05) is 0 Å². The van der Waals surface area contributed by atoms with Crippen LogP contribution in [-0.4, -0.2) is 22.5 Å². The summed E-state index contributed by atoms with van der Waals surface area (Å²) < 4.78 is 5.27. The highest BCUT2D eigenvalue weighted by Gasteiger charge is 2.01. The molecule has 0 spiro atoms. The van der Waals surface area contributed by atoms with E-state index >= 15 is 0 Å². The number of aromatic nitrogens is 2. The first kappa shape index (κ1) is 11.4. The zero-order valence-electron chi connectivity index (χ0n) is 8.91. The number of hydrogen-bond acceptors (Lipinski definition) is 4. The number of carbonyl (C=O) groups is 1. The molecule has 15 heavy (non-hydrogen) atoms.